The van der Waals surface area contributed by atoms with Crippen LogP contribution in [0, 0.1) is 11.3 Å². The molecule has 3 heterocycles. The zero-order chi connectivity index (χ0) is 39.9. The summed E-state index contributed by atoms with van der Waals surface area (Å²) in [6.45, 7) is 4.53. The number of hydrogen-bond acceptors (Lipinski definition) is 6. The average Bonchev–Trinajstić information content (AvgIpc) is 3.54. The minimum absolute atomic E-state index is 0.255. The van der Waals surface area contributed by atoms with E-state index in [9.17, 15) is 5.26 Å². The van der Waals surface area contributed by atoms with Crippen LogP contribution < -0.4 is 0 Å². The van der Waals surface area contributed by atoms with E-state index in [2.05, 4.69) is 103 Å². The SMILES string of the molecule is CC1(C)c2ccc(C#N)cc2-c2ccc(-c3cc(-c4cc(-c5cccnc5)cc(-c5cccnc5)c4)cc(-c4nc(-c5ccccc5)nc(-c5ccccc5)n4)c3)cc21. The third-order valence-electron chi connectivity index (χ3n) is 11.3. The maximum atomic E-state index is 9.74. The van der Waals surface area contributed by atoms with E-state index >= 15 is 0 Å². The predicted octanol–water partition coefficient (Wildman–Crippen LogP) is 12.5. The van der Waals surface area contributed by atoms with Gasteiger partial charge in [0.15, 0.2) is 17.5 Å². The Hall–Kier alpha value is -7.88. The lowest BCUT2D eigenvalue weighted by molar-refractivity contribution is 0.660. The van der Waals surface area contributed by atoms with Gasteiger partial charge in [-0.15, -0.1) is 0 Å². The lowest BCUT2D eigenvalue weighted by atomic mass is 9.81. The molecule has 0 amide bonds. The summed E-state index contributed by atoms with van der Waals surface area (Å²) < 4.78 is 0. The zero-order valence-corrected chi connectivity index (χ0v) is 32.5. The molecule has 0 aliphatic heterocycles. The monoisotopic (exact) mass is 756 g/mol. The van der Waals surface area contributed by atoms with Crippen LogP contribution in [0.15, 0.2) is 183 Å². The lowest BCUT2D eigenvalue weighted by Gasteiger charge is -2.22. The molecule has 6 nitrogen and oxygen atoms in total. The van der Waals surface area contributed by atoms with E-state index in [0.29, 0.717) is 23.0 Å². The number of hydrogen-bond donors (Lipinski definition) is 0. The Bertz CT molecular complexity index is 2800. The quantitative estimate of drug-likeness (QED) is 0.161. The maximum absolute atomic E-state index is 9.74. The summed E-state index contributed by atoms with van der Waals surface area (Å²) in [5, 5.41) is 9.74. The smallest absolute Gasteiger partial charge is 0.164 e. The van der Waals surface area contributed by atoms with E-state index < -0.39 is 0 Å². The summed E-state index contributed by atoms with van der Waals surface area (Å²) in [4.78, 5) is 24.2. The molecular formula is C53H36N6. The van der Waals surface area contributed by atoms with Gasteiger partial charge in [0, 0.05) is 58.0 Å². The molecule has 0 atom stereocenters. The summed E-state index contributed by atoms with van der Waals surface area (Å²) in [5.41, 5.74) is 16.1. The molecule has 10 rings (SSSR count). The highest BCUT2D eigenvalue weighted by atomic mass is 15.0. The highest BCUT2D eigenvalue weighted by Gasteiger charge is 2.35. The van der Waals surface area contributed by atoms with Crippen LogP contribution in [0.3, 0.4) is 0 Å². The Kier molecular flexibility index (Phi) is 8.77. The van der Waals surface area contributed by atoms with Gasteiger partial charge in [-0.2, -0.15) is 5.26 Å². The van der Waals surface area contributed by atoms with Gasteiger partial charge in [0.1, 0.15) is 0 Å². The van der Waals surface area contributed by atoms with Gasteiger partial charge in [0.25, 0.3) is 0 Å². The Balaban J connectivity index is 1.21. The Morgan fingerprint density at radius 1 is 0.390 bits per heavy atom. The number of rotatable bonds is 7. The van der Waals surface area contributed by atoms with Crippen LogP contribution in [0.25, 0.3) is 89.8 Å². The first-order valence-electron chi connectivity index (χ1n) is 19.6. The number of benzene rings is 6. The van der Waals surface area contributed by atoms with Crippen LogP contribution in [0.1, 0.15) is 30.5 Å². The first-order chi connectivity index (χ1) is 28.9. The van der Waals surface area contributed by atoms with Crippen LogP contribution in [0.5, 0.6) is 0 Å². The molecule has 0 bridgehead atoms. The largest absolute Gasteiger partial charge is 0.264 e. The third-order valence-corrected chi connectivity index (χ3v) is 11.3. The van der Waals surface area contributed by atoms with Crippen molar-refractivity contribution in [1.82, 2.24) is 24.9 Å². The molecule has 59 heavy (non-hydrogen) atoms. The topological polar surface area (TPSA) is 88.2 Å². The fourth-order valence-electron chi connectivity index (χ4n) is 8.22. The molecule has 0 saturated carbocycles. The van der Waals surface area contributed by atoms with Gasteiger partial charge in [-0.25, -0.2) is 15.0 Å². The van der Waals surface area contributed by atoms with E-state index in [1.54, 1.807) is 12.4 Å². The van der Waals surface area contributed by atoms with E-state index in [-0.39, 0.29) is 5.41 Å². The second-order valence-electron chi connectivity index (χ2n) is 15.4. The molecule has 0 spiro atoms. The molecule has 1 aliphatic rings. The van der Waals surface area contributed by atoms with Crippen molar-refractivity contribution in [2.45, 2.75) is 19.3 Å². The molecular weight excluding hydrogens is 721 g/mol. The fraction of sp³-hybridized carbons (Fsp3) is 0.0566. The van der Waals surface area contributed by atoms with Crippen molar-refractivity contribution < 1.29 is 0 Å². The van der Waals surface area contributed by atoms with Crippen molar-refractivity contribution in [3.8, 4) is 95.9 Å². The highest BCUT2D eigenvalue weighted by molar-refractivity contribution is 5.88. The zero-order valence-electron chi connectivity index (χ0n) is 32.5. The van der Waals surface area contributed by atoms with Crippen molar-refractivity contribution >= 4 is 0 Å². The van der Waals surface area contributed by atoms with Crippen molar-refractivity contribution in [2.24, 2.45) is 0 Å². The van der Waals surface area contributed by atoms with Gasteiger partial charge in [-0.1, -0.05) is 105 Å². The summed E-state index contributed by atoms with van der Waals surface area (Å²) in [7, 11) is 0. The number of fused-ring (bicyclic) bond motifs is 3. The molecule has 278 valence electrons. The molecule has 1 aliphatic carbocycles. The molecule has 0 fully saturated rings. The third kappa shape index (κ3) is 6.65. The highest BCUT2D eigenvalue weighted by Crippen LogP contribution is 2.50. The first kappa shape index (κ1) is 35.5. The summed E-state index contributed by atoms with van der Waals surface area (Å²) in [6, 6.07) is 56.6. The van der Waals surface area contributed by atoms with E-state index in [1.165, 1.54) is 11.1 Å². The van der Waals surface area contributed by atoms with Crippen LogP contribution in [-0.4, -0.2) is 24.9 Å². The predicted molar refractivity (Wildman–Crippen MR) is 236 cm³/mol. The van der Waals surface area contributed by atoms with Crippen molar-refractivity contribution in [1.29, 1.82) is 5.26 Å². The number of nitrogens with zero attached hydrogens (tertiary/aromatic N) is 6. The van der Waals surface area contributed by atoms with E-state index in [1.807, 2.05) is 97.3 Å². The van der Waals surface area contributed by atoms with E-state index in [0.717, 1.165) is 72.3 Å². The molecule has 0 unspecified atom stereocenters. The molecule has 6 aromatic carbocycles. The molecule has 6 heteroatoms. The summed E-state index contributed by atoms with van der Waals surface area (Å²) in [6.07, 6.45) is 7.40. The van der Waals surface area contributed by atoms with Gasteiger partial charge >= 0.3 is 0 Å². The number of nitriles is 1. The summed E-state index contributed by atoms with van der Waals surface area (Å²) >= 11 is 0. The molecule has 3 aromatic heterocycles. The summed E-state index contributed by atoms with van der Waals surface area (Å²) in [5.74, 6) is 1.79. The molecule has 0 saturated heterocycles. The normalized spacial score (nSPS) is 12.4. The second kappa shape index (κ2) is 14.6. The van der Waals surface area contributed by atoms with Crippen LogP contribution >= 0.6 is 0 Å². The first-order valence-corrected chi connectivity index (χ1v) is 19.6. The Labute approximate surface area is 343 Å². The maximum Gasteiger partial charge on any atom is 0.164 e. The van der Waals surface area contributed by atoms with Gasteiger partial charge in [-0.3, -0.25) is 9.97 Å². The Morgan fingerprint density at radius 2 is 0.864 bits per heavy atom. The molecule has 9 aromatic rings. The Morgan fingerprint density at radius 3 is 1.37 bits per heavy atom. The minimum atomic E-state index is -0.255. The van der Waals surface area contributed by atoms with Gasteiger partial charge in [-0.05, 0) is 122 Å². The van der Waals surface area contributed by atoms with Crippen LogP contribution in [-0.2, 0) is 5.41 Å². The van der Waals surface area contributed by atoms with Gasteiger partial charge in [0.05, 0.1) is 11.6 Å². The number of pyridine rings is 2. The van der Waals surface area contributed by atoms with Crippen molar-refractivity contribution in [3.05, 3.63) is 199 Å². The number of aromatic nitrogens is 5. The fourth-order valence-corrected chi connectivity index (χ4v) is 8.22. The molecule has 0 radical (unpaired) electrons. The molecule has 0 N–H and O–H groups in total. The van der Waals surface area contributed by atoms with Crippen molar-refractivity contribution in [3.63, 3.8) is 0 Å². The van der Waals surface area contributed by atoms with Gasteiger partial charge in [0.2, 0.25) is 0 Å². The standard InChI is InChI=1S/C53H36N6/c1-53(2)48-20-17-34(31-54)23-47(48)46-19-18-37(30-49(46)53)40-24-44(43-26-41(38-15-9-21-55-32-38)25-42(27-43)39-16-10-22-56-33-39)29-45(28-40)52-58-50(35-11-5-3-6-12-35)57-51(59-52)36-13-7-4-8-14-36/h3-30,32-33H,1-2H3. The minimum Gasteiger partial charge on any atom is -0.264 e. The lowest BCUT2D eigenvalue weighted by Crippen LogP contribution is -2.15. The van der Waals surface area contributed by atoms with Crippen LogP contribution in [0.4, 0.5) is 0 Å². The van der Waals surface area contributed by atoms with Crippen LogP contribution in [0.2, 0.25) is 0 Å². The van der Waals surface area contributed by atoms with Crippen molar-refractivity contribution in [2.75, 3.05) is 0 Å². The van der Waals surface area contributed by atoms with Gasteiger partial charge < -0.3 is 0 Å². The average molecular weight is 757 g/mol. The second-order valence-corrected chi connectivity index (χ2v) is 15.4. The van der Waals surface area contributed by atoms with E-state index in [4.69, 9.17) is 15.0 Å².